The molecular formula is C13H20BrNS. The topological polar surface area (TPSA) is 12.0 Å². The van der Waals surface area contributed by atoms with Crippen molar-refractivity contribution in [3.8, 4) is 0 Å². The first kappa shape index (κ1) is 13.9. The fourth-order valence-corrected chi connectivity index (χ4v) is 3.57. The second-order valence-electron chi connectivity index (χ2n) is 3.90. The summed E-state index contributed by atoms with van der Waals surface area (Å²) in [5, 5.41) is 5.54. The highest BCUT2D eigenvalue weighted by molar-refractivity contribution is 9.10. The Labute approximate surface area is 111 Å². The van der Waals surface area contributed by atoms with Crippen LogP contribution < -0.4 is 5.32 Å². The minimum absolute atomic E-state index is 0.498. The summed E-state index contributed by atoms with van der Waals surface area (Å²) in [4.78, 5) is 1.42. The van der Waals surface area contributed by atoms with Crippen molar-refractivity contribution in [3.05, 3.63) is 33.5 Å². The summed E-state index contributed by atoms with van der Waals surface area (Å²) in [5.41, 5.74) is 0. The van der Waals surface area contributed by atoms with Crippen LogP contribution in [0.25, 0.3) is 0 Å². The van der Waals surface area contributed by atoms with E-state index >= 15 is 0 Å². The fourth-order valence-electron chi connectivity index (χ4n) is 1.77. The summed E-state index contributed by atoms with van der Waals surface area (Å²) >= 11 is 5.42. The first-order valence-corrected chi connectivity index (χ1v) is 7.48. The fraction of sp³-hybridized carbons (Fsp3) is 0.538. The lowest BCUT2D eigenvalue weighted by atomic mass is 10.1. The van der Waals surface area contributed by atoms with Crippen LogP contribution in [-0.2, 0) is 0 Å². The van der Waals surface area contributed by atoms with Crippen molar-refractivity contribution in [2.24, 2.45) is 0 Å². The van der Waals surface area contributed by atoms with Crippen LogP contribution in [0.15, 0.2) is 28.6 Å². The molecule has 1 N–H and O–H groups in total. The van der Waals surface area contributed by atoms with Crippen LogP contribution in [0.5, 0.6) is 0 Å². The lowest BCUT2D eigenvalue weighted by Gasteiger charge is -2.15. The second kappa shape index (κ2) is 8.04. The maximum absolute atomic E-state index is 3.74. The summed E-state index contributed by atoms with van der Waals surface area (Å²) < 4.78 is 1.24. The average Bonchev–Trinajstić information content (AvgIpc) is 2.70. The van der Waals surface area contributed by atoms with E-state index < -0.39 is 0 Å². The van der Waals surface area contributed by atoms with E-state index in [-0.39, 0.29) is 0 Å². The van der Waals surface area contributed by atoms with Gasteiger partial charge in [0, 0.05) is 15.4 Å². The van der Waals surface area contributed by atoms with E-state index in [9.17, 15) is 0 Å². The van der Waals surface area contributed by atoms with Crippen LogP contribution in [0.1, 0.15) is 43.0 Å². The van der Waals surface area contributed by atoms with E-state index in [0.717, 1.165) is 6.42 Å². The van der Waals surface area contributed by atoms with Gasteiger partial charge in [-0.3, -0.25) is 0 Å². The molecule has 0 amide bonds. The monoisotopic (exact) mass is 301 g/mol. The number of nitrogens with one attached hydrogen (secondary N) is 1. The quantitative estimate of drug-likeness (QED) is 0.531. The first-order valence-electron chi connectivity index (χ1n) is 5.80. The van der Waals surface area contributed by atoms with Crippen molar-refractivity contribution in [2.75, 3.05) is 7.05 Å². The van der Waals surface area contributed by atoms with Crippen LogP contribution in [0.4, 0.5) is 0 Å². The Morgan fingerprint density at radius 2 is 2.31 bits per heavy atom. The summed E-state index contributed by atoms with van der Waals surface area (Å²) in [5.74, 6) is 0. The van der Waals surface area contributed by atoms with Crippen molar-refractivity contribution in [2.45, 2.75) is 38.1 Å². The minimum Gasteiger partial charge on any atom is -0.312 e. The Morgan fingerprint density at radius 3 is 2.88 bits per heavy atom. The molecule has 0 bridgehead atoms. The first-order chi connectivity index (χ1) is 7.79. The number of halogens is 1. The van der Waals surface area contributed by atoms with Crippen LogP contribution in [0, 0.1) is 0 Å². The molecular weight excluding hydrogens is 282 g/mol. The zero-order valence-electron chi connectivity index (χ0n) is 9.84. The molecule has 0 aromatic carbocycles. The van der Waals surface area contributed by atoms with Gasteiger partial charge in [-0.2, -0.15) is 0 Å². The summed E-state index contributed by atoms with van der Waals surface area (Å²) in [6.07, 6.45) is 8.22. The Bertz CT molecular complexity index is 309. The number of hydrogen-bond acceptors (Lipinski definition) is 2. The van der Waals surface area contributed by atoms with Gasteiger partial charge in [-0.1, -0.05) is 18.9 Å². The van der Waals surface area contributed by atoms with Crippen molar-refractivity contribution >= 4 is 27.3 Å². The summed E-state index contributed by atoms with van der Waals surface area (Å²) in [6, 6.07) is 2.63. The van der Waals surface area contributed by atoms with E-state index in [1.165, 1.54) is 35.0 Å². The highest BCUT2D eigenvalue weighted by atomic mass is 79.9. The zero-order valence-corrected chi connectivity index (χ0v) is 12.2. The molecule has 90 valence electrons. The minimum atomic E-state index is 0.498. The van der Waals surface area contributed by atoms with Crippen LogP contribution in [0.3, 0.4) is 0 Å². The second-order valence-corrected chi connectivity index (χ2v) is 5.70. The van der Waals surface area contributed by atoms with E-state index in [2.05, 4.69) is 39.3 Å². The molecule has 1 atom stereocenters. The van der Waals surface area contributed by atoms with Crippen molar-refractivity contribution in [1.29, 1.82) is 0 Å². The molecule has 0 saturated carbocycles. The van der Waals surface area contributed by atoms with E-state index in [1.807, 2.05) is 24.5 Å². The zero-order chi connectivity index (χ0) is 11.8. The van der Waals surface area contributed by atoms with Gasteiger partial charge in [0.25, 0.3) is 0 Å². The Morgan fingerprint density at radius 1 is 1.50 bits per heavy atom. The van der Waals surface area contributed by atoms with E-state index in [1.54, 1.807) is 0 Å². The van der Waals surface area contributed by atoms with Gasteiger partial charge in [-0.15, -0.1) is 17.9 Å². The van der Waals surface area contributed by atoms with Gasteiger partial charge in [0.05, 0.1) is 0 Å². The normalized spacial score (nSPS) is 12.6. The van der Waals surface area contributed by atoms with Gasteiger partial charge in [0.1, 0.15) is 0 Å². The molecule has 1 rings (SSSR count). The van der Waals surface area contributed by atoms with Crippen molar-refractivity contribution in [1.82, 2.24) is 5.32 Å². The van der Waals surface area contributed by atoms with Crippen molar-refractivity contribution < 1.29 is 0 Å². The molecule has 0 fully saturated rings. The molecule has 1 heterocycles. The van der Waals surface area contributed by atoms with Crippen molar-refractivity contribution in [3.63, 3.8) is 0 Å². The highest BCUT2D eigenvalue weighted by Crippen LogP contribution is 2.31. The SMILES string of the molecule is C=CCCCCCC(NC)c1sccc1Br. The lowest BCUT2D eigenvalue weighted by molar-refractivity contribution is 0.513. The third-order valence-corrected chi connectivity index (χ3v) is 4.70. The van der Waals surface area contributed by atoms with Gasteiger partial charge in [-0.05, 0) is 53.7 Å². The molecule has 1 nitrogen and oxygen atoms in total. The van der Waals surface area contributed by atoms with Gasteiger partial charge in [0.2, 0.25) is 0 Å². The Hall–Kier alpha value is -0.120. The van der Waals surface area contributed by atoms with Gasteiger partial charge < -0.3 is 5.32 Å². The maximum Gasteiger partial charge on any atom is 0.0423 e. The third kappa shape index (κ3) is 4.40. The van der Waals surface area contributed by atoms with Crippen LogP contribution >= 0.6 is 27.3 Å². The predicted octanol–water partition coefficient (Wildman–Crippen LogP) is 4.91. The number of allylic oxidation sites excluding steroid dienone is 1. The standard InChI is InChI=1S/C13H20BrNS/c1-3-4-5-6-7-8-12(15-2)13-11(14)9-10-16-13/h3,9-10,12,15H,1,4-8H2,2H3. The molecule has 16 heavy (non-hydrogen) atoms. The predicted molar refractivity (Wildman–Crippen MR) is 77.1 cm³/mol. The summed E-state index contributed by atoms with van der Waals surface area (Å²) in [7, 11) is 2.04. The smallest absolute Gasteiger partial charge is 0.0423 e. The van der Waals surface area contributed by atoms with Gasteiger partial charge >= 0.3 is 0 Å². The molecule has 3 heteroatoms. The third-order valence-electron chi connectivity index (χ3n) is 2.71. The molecule has 0 radical (unpaired) electrons. The number of unbranched alkanes of at least 4 members (excludes halogenated alkanes) is 3. The van der Waals surface area contributed by atoms with Gasteiger partial charge in [-0.25, -0.2) is 0 Å². The molecule has 1 unspecified atom stereocenters. The molecule has 0 aliphatic rings. The van der Waals surface area contributed by atoms with Crippen LogP contribution in [0.2, 0.25) is 0 Å². The maximum atomic E-state index is 3.74. The van der Waals surface area contributed by atoms with Crippen LogP contribution in [-0.4, -0.2) is 7.05 Å². The number of hydrogen-bond donors (Lipinski definition) is 1. The summed E-state index contributed by atoms with van der Waals surface area (Å²) in [6.45, 7) is 3.74. The lowest BCUT2D eigenvalue weighted by Crippen LogP contribution is -2.15. The Balaban J connectivity index is 2.33. The Kier molecular flexibility index (Phi) is 7.01. The molecule has 0 spiro atoms. The molecule has 0 saturated heterocycles. The number of thiophene rings is 1. The number of rotatable bonds is 8. The molecule has 0 aliphatic heterocycles. The van der Waals surface area contributed by atoms with Gasteiger partial charge in [0.15, 0.2) is 0 Å². The molecule has 0 aliphatic carbocycles. The molecule has 1 aromatic heterocycles. The highest BCUT2D eigenvalue weighted by Gasteiger charge is 2.13. The average molecular weight is 302 g/mol. The van der Waals surface area contributed by atoms with E-state index in [0.29, 0.717) is 6.04 Å². The largest absolute Gasteiger partial charge is 0.312 e. The van der Waals surface area contributed by atoms with E-state index in [4.69, 9.17) is 0 Å². The molecule has 1 aromatic rings.